The first-order valence-corrected chi connectivity index (χ1v) is 5.81. The first-order chi connectivity index (χ1) is 8.09. The fourth-order valence-electron chi connectivity index (χ4n) is 2.01. The van der Waals surface area contributed by atoms with Gasteiger partial charge in [-0.05, 0) is 24.6 Å². The molecule has 2 rings (SSSR count). The zero-order chi connectivity index (χ0) is 12.4. The van der Waals surface area contributed by atoms with Crippen molar-refractivity contribution in [3.8, 4) is 0 Å². The van der Waals surface area contributed by atoms with Crippen molar-refractivity contribution in [3.05, 3.63) is 28.8 Å². The lowest BCUT2D eigenvalue weighted by Crippen LogP contribution is -2.32. The van der Waals surface area contributed by atoms with E-state index in [1.807, 2.05) is 11.9 Å². The molecule has 0 radical (unpaired) electrons. The van der Waals surface area contributed by atoms with Gasteiger partial charge in [-0.25, -0.2) is 4.79 Å². The van der Waals surface area contributed by atoms with Crippen LogP contribution < -0.4 is 4.90 Å². The number of nitrogens with zero attached hydrogens (tertiary/aromatic N) is 1. The van der Waals surface area contributed by atoms with Gasteiger partial charge in [0.2, 0.25) is 0 Å². The Hall–Kier alpha value is -1.26. The average Bonchev–Trinajstić information content (AvgIpc) is 2.81. The van der Waals surface area contributed by atoms with Crippen LogP contribution in [0.1, 0.15) is 16.8 Å². The first-order valence-electron chi connectivity index (χ1n) is 5.43. The number of halogens is 1. The second-order valence-corrected chi connectivity index (χ2v) is 4.53. The van der Waals surface area contributed by atoms with E-state index in [-0.39, 0.29) is 11.6 Å². The summed E-state index contributed by atoms with van der Waals surface area (Å²) in [4.78, 5) is 13.1. The summed E-state index contributed by atoms with van der Waals surface area (Å²) in [7, 11) is 1.88. The summed E-state index contributed by atoms with van der Waals surface area (Å²) in [5, 5.41) is 9.60. The van der Waals surface area contributed by atoms with Gasteiger partial charge in [0.05, 0.1) is 23.9 Å². The number of likely N-dealkylation sites (N-methyl/N-ethyl adjacent to an activating group) is 1. The average molecular weight is 256 g/mol. The van der Waals surface area contributed by atoms with Crippen LogP contribution in [0, 0.1) is 0 Å². The van der Waals surface area contributed by atoms with E-state index in [0.29, 0.717) is 17.3 Å². The van der Waals surface area contributed by atoms with Gasteiger partial charge in [0, 0.05) is 18.7 Å². The van der Waals surface area contributed by atoms with Crippen LogP contribution in [0.2, 0.25) is 5.02 Å². The van der Waals surface area contributed by atoms with E-state index in [0.717, 1.165) is 13.0 Å². The smallest absolute Gasteiger partial charge is 0.337 e. The van der Waals surface area contributed by atoms with Gasteiger partial charge in [-0.3, -0.25) is 0 Å². The Bertz CT molecular complexity index is 430. The predicted octanol–water partition coefficient (Wildman–Crippen LogP) is 2.26. The summed E-state index contributed by atoms with van der Waals surface area (Å²) in [5.41, 5.74) is 0.907. The van der Waals surface area contributed by atoms with Crippen LogP contribution in [-0.2, 0) is 4.74 Å². The molecule has 0 aromatic heterocycles. The number of aromatic carboxylic acids is 1. The molecule has 0 bridgehead atoms. The van der Waals surface area contributed by atoms with E-state index < -0.39 is 5.97 Å². The van der Waals surface area contributed by atoms with Crippen molar-refractivity contribution in [1.82, 2.24) is 0 Å². The van der Waals surface area contributed by atoms with Gasteiger partial charge >= 0.3 is 5.97 Å². The Morgan fingerprint density at radius 2 is 2.35 bits per heavy atom. The van der Waals surface area contributed by atoms with Gasteiger partial charge in [-0.1, -0.05) is 11.6 Å². The molecule has 1 fully saturated rings. The summed E-state index contributed by atoms with van der Waals surface area (Å²) in [6, 6.07) is 5.15. The molecule has 92 valence electrons. The van der Waals surface area contributed by atoms with Crippen LogP contribution >= 0.6 is 11.6 Å². The molecule has 4 nitrogen and oxygen atoms in total. The molecule has 1 heterocycles. The Labute approximate surface area is 105 Å². The highest BCUT2D eigenvalue weighted by molar-refractivity contribution is 6.31. The number of benzene rings is 1. The maximum absolute atomic E-state index is 11.2. The van der Waals surface area contributed by atoms with Gasteiger partial charge in [-0.15, -0.1) is 0 Å². The van der Waals surface area contributed by atoms with Crippen LogP contribution in [-0.4, -0.2) is 37.4 Å². The van der Waals surface area contributed by atoms with Crippen LogP contribution in [0.3, 0.4) is 0 Å². The van der Waals surface area contributed by atoms with E-state index in [4.69, 9.17) is 21.4 Å². The monoisotopic (exact) mass is 255 g/mol. The summed E-state index contributed by atoms with van der Waals surface area (Å²) >= 11 is 5.82. The lowest BCUT2D eigenvalue weighted by molar-refractivity contribution is 0.0697. The second-order valence-electron chi connectivity index (χ2n) is 4.09. The highest BCUT2D eigenvalue weighted by Crippen LogP contribution is 2.27. The SMILES string of the molecule is CN(c1ccc(Cl)cc1C(=O)O)C1CCOC1. The van der Waals surface area contributed by atoms with Gasteiger partial charge in [0.1, 0.15) is 0 Å². The van der Waals surface area contributed by atoms with Crippen molar-refractivity contribution in [2.75, 3.05) is 25.2 Å². The number of anilines is 1. The van der Waals surface area contributed by atoms with Crippen molar-refractivity contribution in [3.63, 3.8) is 0 Å². The zero-order valence-corrected chi connectivity index (χ0v) is 10.3. The van der Waals surface area contributed by atoms with Crippen molar-refractivity contribution in [2.24, 2.45) is 0 Å². The van der Waals surface area contributed by atoms with Gasteiger partial charge < -0.3 is 14.7 Å². The van der Waals surface area contributed by atoms with Crippen molar-refractivity contribution in [1.29, 1.82) is 0 Å². The number of hydrogen-bond donors (Lipinski definition) is 1. The standard InChI is InChI=1S/C12H14ClNO3/c1-14(9-4-5-17-7-9)11-3-2-8(13)6-10(11)12(15)16/h2-3,6,9H,4-5,7H2,1H3,(H,15,16). The van der Waals surface area contributed by atoms with Crippen LogP contribution in [0.5, 0.6) is 0 Å². The molecule has 1 atom stereocenters. The van der Waals surface area contributed by atoms with E-state index in [1.54, 1.807) is 12.1 Å². The topological polar surface area (TPSA) is 49.8 Å². The summed E-state index contributed by atoms with van der Waals surface area (Å²) in [6.45, 7) is 1.36. The molecule has 0 aliphatic carbocycles. The van der Waals surface area contributed by atoms with Crippen LogP contribution in [0.15, 0.2) is 18.2 Å². The number of hydrogen-bond acceptors (Lipinski definition) is 3. The minimum Gasteiger partial charge on any atom is -0.478 e. The Morgan fingerprint density at radius 1 is 1.59 bits per heavy atom. The van der Waals surface area contributed by atoms with Crippen molar-refractivity contribution < 1.29 is 14.6 Å². The lowest BCUT2D eigenvalue weighted by Gasteiger charge is -2.26. The minimum atomic E-state index is -0.965. The number of carboxylic acids is 1. The predicted molar refractivity (Wildman–Crippen MR) is 66.0 cm³/mol. The molecule has 1 aliphatic heterocycles. The summed E-state index contributed by atoms with van der Waals surface area (Å²) < 4.78 is 5.31. The van der Waals surface area contributed by atoms with E-state index >= 15 is 0 Å². The van der Waals surface area contributed by atoms with E-state index in [1.165, 1.54) is 6.07 Å². The fraction of sp³-hybridized carbons (Fsp3) is 0.417. The number of carbonyl (C=O) groups is 1. The third-order valence-corrected chi connectivity index (χ3v) is 3.26. The Kier molecular flexibility index (Phi) is 3.54. The lowest BCUT2D eigenvalue weighted by atomic mass is 10.1. The van der Waals surface area contributed by atoms with Gasteiger partial charge in [0.15, 0.2) is 0 Å². The third-order valence-electron chi connectivity index (χ3n) is 3.02. The highest BCUT2D eigenvalue weighted by Gasteiger charge is 2.23. The van der Waals surface area contributed by atoms with Crippen molar-refractivity contribution in [2.45, 2.75) is 12.5 Å². The second kappa shape index (κ2) is 4.94. The maximum Gasteiger partial charge on any atom is 0.337 e. The summed E-state index contributed by atoms with van der Waals surface area (Å²) in [5.74, 6) is -0.965. The molecule has 1 aromatic carbocycles. The highest BCUT2D eigenvalue weighted by atomic mass is 35.5. The van der Waals surface area contributed by atoms with Crippen LogP contribution in [0.4, 0.5) is 5.69 Å². The molecule has 1 aliphatic rings. The Balaban J connectivity index is 2.33. The molecule has 0 spiro atoms. The van der Waals surface area contributed by atoms with E-state index in [9.17, 15) is 4.79 Å². The summed E-state index contributed by atoms with van der Waals surface area (Å²) in [6.07, 6.45) is 0.915. The molecule has 1 saturated heterocycles. The normalized spacial score (nSPS) is 19.3. The molecule has 1 aromatic rings. The number of carboxylic acid groups (broad SMARTS) is 1. The quantitative estimate of drug-likeness (QED) is 0.900. The molecule has 1 N–H and O–H groups in total. The van der Waals surface area contributed by atoms with Crippen molar-refractivity contribution >= 4 is 23.3 Å². The molecule has 1 unspecified atom stereocenters. The molecule has 17 heavy (non-hydrogen) atoms. The molecule has 0 amide bonds. The van der Waals surface area contributed by atoms with Gasteiger partial charge in [0.25, 0.3) is 0 Å². The first kappa shape index (κ1) is 12.2. The van der Waals surface area contributed by atoms with E-state index in [2.05, 4.69) is 0 Å². The molecular weight excluding hydrogens is 242 g/mol. The number of ether oxygens (including phenoxy) is 1. The minimum absolute atomic E-state index is 0.229. The molecule has 5 heteroatoms. The Morgan fingerprint density at radius 3 is 2.94 bits per heavy atom. The zero-order valence-electron chi connectivity index (χ0n) is 9.52. The van der Waals surface area contributed by atoms with Gasteiger partial charge in [-0.2, -0.15) is 0 Å². The largest absolute Gasteiger partial charge is 0.478 e. The fourth-order valence-corrected chi connectivity index (χ4v) is 2.18. The maximum atomic E-state index is 11.2. The third kappa shape index (κ3) is 2.53. The molecule has 0 saturated carbocycles. The number of rotatable bonds is 3. The van der Waals surface area contributed by atoms with Crippen LogP contribution in [0.25, 0.3) is 0 Å². The molecular formula is C12H14ClNO3.